The van der Waals surface area contributed by atoms with Gasteiger partial charge in [-0.15, -0.1) is 5.10 Å². The normalized spacial score (nSPS) is 10.6. The van der Waals surface area contributed by atoms with Crippen molar-refractivity contribution in [2.45, 2.75) is 46.1 Å². The number of ketones is 2. The molecule has 5 heteroatoms. The Labute approximate surface area is 130 Å². The fraction of sp³-hybridized carbons (Fsp3) is 0.412. The minimum absolute atomic E-state index is 0.0526. The van der Waals surface area contributed by atoms with Gasteiger partial charge in [0.05, 0.1) is 6.20 Å². The zero-order valence-electron chi connectivity index (χ0n) is 13.1. The van der Waals surface area contributed by atoms with E-state index in [-0.39, 0.29) is 5.78 Å². The van der Waals surface area contributed by atoms with Crippen LogP contribution in [-0.4, -0.2) is 26.6 Å². The smallest absolute Gasteiger partial charge is 0.159 e. The van der Waals surface area contributed by atoms with Gasteiger partial charge in [0.2, 0.25) is 0 Å². The van der Waals surface area contributed by atoms with Crippen molar-refractivity contribution < 1.29 is 9.59 Å². The van der Waals surface area contributed by atoms with Gasteiger partial charge in [0, 0.05) is 30.5 Å². The lowest BCUT2D eigenvalue weighted by atomic mass is 10.1. The molecule has 2 aromatic rings. The molecule has 0 radical (unpaired) electrons. The third-order valence-electron chi connectivity index (χ3n) is 3.61. The Morgan fingerprint density at radius 2 is 1.86 bits per heavy atom. The van der Waals surface area contributed by atoms with Gasteiger partial charge in [0.25, 0.3) is 0 Å². The molecule has 1 aromatic carbocycles. The molecule has 0 aliphatic heterocycles. The van der Waals surface area contributed by atoms with Crippen LogP contribution < -0.4 is 0 Å². The molecule has 0 N–H and O–H groups in total. The zero-order valence-corrected chi connectivity index (χ0v) is 13.1. The summed E-state index contributed by atoms with van der Waals surface area (Å²) in [6.45, 7) is 4.20. The number of carbonyl (C=O) groups excluding carboxylic acids is 2. The van der Waals surface area contributed by atoms with E-state index in [1.165, 1.54) is 0 Å². The average Bonchev–Trinajstić information content (AvgIpc) is 3.00. The first kappa shape index (κ1) is 16.1. The van der Waals surface area contributed by atoms with Gasteiger partial charge in [0.15, 0.2) is 5.78 Å². The molecule has 0 saturated heterocycles. The molecule has 2 rings (SSSR count). The number of aryl methyl sites for hydroxylation is 1. The van der Waals surface area contributed by atoms with Crippen LogP contribution in [0.3, 0.4) is 0 Å². The second-order valence-electron chi connectivity index (χ2n) is 5.35. The Morgan fingerprint density at radius 3 is 2.50 bits per heavy atom. The topological polar surface area (TPSA) is 64.8 Å². The summed E-state index contributed by atoms with van der Waals surface area (Å²) in [5, 5.41) is 8.25. The van der Waals surface area contributed by atoms with Gasteiger partial charge in [-0.2, -0.15) is 0 Å². The predicted octanol–water partition coefficient (Wildman–Crippen LogP) is 3.30. The van der Waals surface area contributed by atoms with E-state index in [4.69, 9.17) is 0 Å². The molecule has 0 amide bonds. The van der Waals surface area contributed by atoms with Crippen molar-refractivity contribution in [3.63, 3.8) is 0 Å². The Hall–Kier alpha value is -2.30. The number of rotatable bonds is 8. The first-order valence-electron chi connectivity index (χ1n) is 7.63. The van der Waals surface area contributed by atoms with Gasteiger partial charge in [-0.3, -0.25) is 14.3 Å². The minimum Gasteiger partial charge on any atom is -0.300 e. The molecule has 116 valence electrons. The maximum Gasteiger partial charge on any atom is 0.159 e. The van der Waals surface area contributed by atoms with Gasteiger partial charge < -0.3 is 0 Å². The molecule has 22 heavy (non-hydrogen) atoms. The predicted molar refractivity (Wildman–Crippen MR) is 84.6 cm³/mol. The molecular formula is C17H21N3O2. The number of nitrogens with zero attached hydrogens (tertiary/aromatic N) is 3. The molecular weight excluding hydrogens is 278 g/mol. The minimum atomic E-state index is 0.0526. The van der Waals surface area contributed by atoms with Crippen LogP contribution in [0, 0.1) is 0 Å². The lowest BCUT2D eigenvalue weighted by molar-refractivity contribution is -0.118. The Kier molecular flexibility index (Phi) is 5.58. The van der Waals surface area contributed by atoms with Crippen molar-refractivity contribution in [1.82, 2.24) is 15.0 Å². The third kappa shape index (κ3) is 4.35. The van der Waals surface area contributed by atoms with Crippen LogP contribution in [0.2, 0.25) is 0 Å². The van der Waals surface area contributed by atoms with Crippen molar-refractivity contribution >= 4 is 11.6 Å². The molecule has 0 fully saturated rings. The highest BCUT2D eigenvalue weighted by Gasteiger charge is 2.06. The standard InChI is InChI=1S/C17H21N3O2/c1-3-16(22)6-4-5-11-20-12-17(18-19-20)15-9-7-14(8-10-15)13(2)21/h7-10,12H,3-6,11H2,1-2H3. The van der Waals surface area contributed by atoms with Gasteiger partial charge in [0.1, 0.15) is 11.5 Å². The number of unbranched alkanes of at least 4 members (excludes halogenated alkanes) is 1. The molecule has 0 atom stereocenters. The van der Waals surface area contributed by atoms with Crippen molar-refractivity contribution in [1.29, 1.82) is 0 Å². The van der Waals surface area contributed by atoms with Crippen LogP contribution in [0.5, 0.6) is 0 Å². The summed E-state index contributed by atoms with van der Waals surface area (Å²) in [6, 6.07) is 7.36. The Balaban J connectivity index is 1.90. The summed E-state index contributed by atoms with van der Waals surface area (Å²) < 4.78 is 1.80. The van der Waals surface area contributed by atoms with Crippen LogP contribution in [0.4, 0.5) is 0 Å². The van der Waals surface area contributed by atoms with Gasteiger partial charge in [-0.1, -0.05) is 36.4 Å². The van der Waals surface area contributed by atoms with Gasteiger partial charge in [-0.25, -0.2) is 0 Å². The van der Waals surface area contributed by atoms with E-state index in [0.717, 1.165) is 30.6 Å². The highest BCUT2D eigenvalue weighted by atomic mass is 16.1. The SMILES string of the molecule is CCC(=O)CCCCn1cc(-c2ccc(C(C)=O)cc2)nn1. The van der Waals surface area contributed by atoms with Crippen LogP contribution in [0.25, 0.3) is 11.3 Å². The van der Waals surface area contributed by atoms with E-state index in [2.05, 4.69) is 10.3 Å². The molecule has 1 heterocycles. The summed E-state index contributed by atoms with van der Waals surface area (Å²) in [7, 11) is 0. The summed E-state index contributed by atoms with van der Waals surface area (Å²) in [5.41, 5.74) is 2.42. The number of benzene rings is 1. The first-order valence-corrected chi connectivity index (χ1v) is 7.63. The molecule has 5 nitrogen and oxygen atoms in total. The summed E-state index contributed by atoms with van der Waals surface area (Å²) in [6.07, 6.45) is 4.95. The molecule has 0 spiro atoms. The summed E-state index contributed by atoms with van der Waals surface area (Å²) in [4.78, 5) is 22.5. The Morgan fingerprint density at radius 1 is 1.14 bits per heavy atom. The van der Waals surface area contributed by atoms with E-state index >= 15 is 0 Å². The molecule has 0 aliphatic carbocycles. The molecule has 0 unspecified atom stereocenters. The third-order valence-corrected chi connectivity index (χ3v) is 3.61. The lowest BCUT2D eigenvalue weighted by Gasteiger charge is -2.00. The summed E-state index contributed by atoms with van der Waals surface area (Å²) in [5.74, 6) is 0.363. The van der Waals surface area contributed by atoms with Crippen LogP contribution in [-0.2, 0) is 11.3 Å². The van der Waals surface area contributed by atoms with E-state index in [1.807, 2.05) is 25.3 Å². The zero-order chi connectivity index (χ0) is 15.9. The van der Waals surface area contributed by atoms with Gasteiger partial charge in [-0.05, 0) is 19.8 Å². The maximum absolute atomic E-state index is 11.3. The van der Waals surface area contributed by atoms with Crippen molar-refractivity contribution in [2.75, 3.05) is 0 Å². The van der Waals surface area contributed by atoms with Crippen molar-refractivity contribution in [2.24, 2.45) is 0 Å². The van der Waals surface area contributed by atoms with E-state index < -0.39 is 0 Å². The second-order valence-corrected chi connectivity index (χ2v) is 5.35. The van der Waals surface area contributed by atoms with Crippen LogP contribution in [0.15, 0.2) is 30.5 Å². The number of hydrogen-bond donors (Lipinski definition) is 0. The summed E-state index contributed by atoms with van der Waals surface area (Å²) >= 11 is 0. The molecule has 1 aromatic heterocycles. The molecule has 0 bridgehead atoms. The lowest BCUT2D eigenvalue weighted by Crippen LogP contribution is -2.01. The fourth-order valence-corrected chi connectivity index (χ4v) is 2.19. The number of carbonyl (C=O) groups is 2. The fourth-order valence-electron chi connectivity index (χ4n) is 2.19. The van der Waals surface area contributed by atoms with E-state index in [9.17, 15) is 9.59 Å². The molecule has 0 aliphatic rings. The van der Waals surface area contributed by atoms with Crippen molar-refractivity contribution in [3.05, 3.63) is 36.0 Å². The average molecular weight is 299 g/mol. The quantitative estimate of drug-likeness (QED) is 0.554. The van der Waals surface area contributed by atoms with E-state index in [0.29, 0.717) is 24.2 Å². The Bertz CT molecular complexity index is 644. The monoisotopic (exact) mass is 299 g/mol. The molecule has 0 saturated carbocycles. The maximum atomic E-state index is 11.3. The highest BCUT2D eigenvalue weighted by molar-refractivity contribution is 5.94. The number of Topliss-reactive ketones (excluding diaryl/α,β-unsaturated/α-hetero) is 2. The number of aromatic nitrogens is 3. The van der Waals surface area contributed by atoms with Crippen LogP contribution in [0.1, 0.15) is 49.9 Å². The second kappa shape index (κ2) is 7.64. The van der Waals surface area contributed by atoms with Crippen LogP contribution >= 0.6 is 0 Å². The van der Waals surface area contributed by atoms with Crippen molar-refractivity contribution in [3.8, 4) is 11.3 Å². The highest BCUT2D eigenvalue weighted by Crippen LogP contribution is 2.17. The largest absolute Gasteiger partial charge is 0.300 e. The van der Waals surface area contributed by atoms with Gasteiger partial charge >= 0.3 is 0 Å². The first-order chi connectivity index (χ1) is 10.6. The van der Waals surface area contributed by atoms with E-state index in [1.54, 1.807) is 23.7 Å². The number of hydrogen-bond acceptors (Lipinski definition) is 4.